The van der Waals surface area contributed by atoms with Crippen molar-refractivity contribution in [3.8, 4) is 0 Å². The number of hydrogen-bond acceptors (Lipinski definition) is 9. The van der Waals surface area contributed by atoms with Gasteiger partial charge in [-0.05, 0) is 48.0 Å². The maximum absolute atomic E-state index is 12.5. The average Bonchev–Trinajstić information content (AvgIpc) is 2.85. The summed E-state index contributed by atoms with van der Waals surface area (Å²) in [6.07, 6.45) is -0.856. The van der Waals surface area contributed by atoms with E-state index in [4.69, 9.17) is 15.9 Å². The summed E-state index contributed by atoms with van der Waals surface area (Å²) in [6.45, 7) is 8.10. The van der Waals surface area contributed by atoms with Gasteiger partial charge in [-0.15, -0.1) is 0 Å². The van der Waals surface area contributed by atoms with Gasteiger partial charge in [-0.1, -0.05) is 0 Å². The second-order valence-corrected chi connectivity index (χ2v) is 9.27. The quantitative estimate of drug-likeness (QED) is 0.0866. The molecule has 0 bridgehead atoms. The van der Waals surface area contributed by atoms with E-state index < -0.39 is 96.1 Å². The summed E-state index contributed by atoms with van der Waals surface area (Å²) in [7, 11) is 0. The monoisotopic (exact) mass is 573 g/mol. The van der Waals surface area contributed by atoms with Crippen molar-refractivity contribution in [3.63, 3.8) is 0 Å². The molecule has 0 radical (unpaired) electrons. The number of carboxylic acid groups (broad SMARTS) is 2. The van der Waals surface area contributed by atoms with Gasteiger partial charge in [-0.3, -0.25) is 33.6 Å². The lowest BCUT2D eigenvalue weighted by Crippen LogP contribution is -2.57. The zero-order chi connectivity index (χ0) is 31.3. The Balaban J connectivity index is 4.81. The van der Waals surface area contributed by atoms with E-state index >= 15 is 0 Å². The zero-order valence-corrected chi connectivity index (χ0v) is 23.2. The van der Waals surface area contributed by atoms with Gasteiger partial charge in [-0.25, -0.2) is 4.79 Å². The minimum atomic E-state index is -1.48. The molecular weight excluding hydrogens is 534 g/mol. The van der Waals surface area contributed by atoms with E-state index in [0.29, 0.717) is 0 Å². The van der Waals surface area contributed by atoms with E-state index in [1.165, 1.54) is 41.5 Å². The van der Waals surface area contributed by atoms with Crippen LogP contribution in [0.4, 0.5) is 0 Å². The maximum atomic E-state index is 12.5. The number of carbonyl (C=O) groups excluding carboxylic acids is 6. The van der Waals surface area contributed by atoms with Gasteiger partial charge in [0, 0.05) is 6.42 Å². The molecule has 17 nitrogen and oxygen atoms in total. The lowest BCUT2D eigenvalue weighted by Gasteiger charge is -2.23. The van der Waals surface area contributed by atoms with Gasteiger partial charge >= 0.3 is 11.9 Å². The molecule has 6 amide bonds. The topological polar surface area (TPSA) is 275 Å². The van der Waals surface area contributed by atoms with E-state index in [2.05, 4.69) is 31.9 Å². The van der Waals surface area contributed by atoms with Crippen LogP contribution in [0.2, 0.25) is 0 Å². The number of amides is 6. The Kier molecular flexibility index (Phi) is 14.9. The molecule has 0 aliphatic rings. The number of carbonyl (C=O) groups is 8. The summed E-state index contributed by atoms with van der Waals surface area (Å²) in [5.41, 5.74) is 5.43. The van der Waals surface area contributed by atoms with Gasteiger partial charge < -0.3 is 47.8 Å². The van der Waals surface area contributed by atoms with E-state index in [0.717, 1.165) is 0 Å². The fraction of sp³-hybridized carbons (Fsp3) is 0.652. The Hall–Kier alpha value is -4.28. The highest BCUT2D eigenvalue weighted by Gasteiger charge is 2.28. The van der Waals surface area contributed by atoms with Crippen LogP contribution >= 0.6 is 0 Å². The molecule has 0 aliphatic heterocycles. The van der Waals surface area contributed by atoms with Crippen molar-refractivity contribution in [2.24, 2.45) is 5.73 Å². The van der Waals surface area contributed by atoms with Crippen molar-refractivity contribution in [2.45, 2.75) is 96.7 Å². The SMILES string of the molecule is C[C@H](N)C(=O)N[C@@H](C)C(=O)N[C@@H](C)C(=O)N[C@@H](C)C(=O)N[C@@H](C)C(=O)N[C@@H](C)C(=O)N[C@@H](CCC(=O)O)C(=O)O. The minimum Gasteiger partial charge on any atom is -0.481 e. The highest BCUT2D eigenvalue weighted by molar-refractivity contribution is 5.96. The molecule has 0 saturated heterocycles. The van der Waals surface area contributed by atoms with Gasteiger partial charge in [-0.2, -0.15) is 0 Å². The summed E-state index contributed by atoms with van der Waals surface area (Å²) >= 11 is 0. The molecule has 17 heteroatoms. The second-order valence-electron chi connectivity index (χ2n) is 9.27. The van der Waals surface area contributed by atoms with Crippen molar-refractivity contribution >= 4 is 47.4 Å². The fourth-order valence-corrected chi connectivity index (χ4v) is 2.85. The molecule has 0 heterocycles. The molecule has 0 spiro atoms. The smallest absolute Gasteiger partial charge is 0.326 e. The molecule has 0 unspecified atom stereocenters. The van der Waals surface area contributed by atoms with Gasteiger partial charge in [0.2, 0.25) is 35.4 Å². The third kappa shape index (κ3) is 13.0. The molecule has 0 aromatic rings. The highest BCUT2D eigenvalue weighted by Crippen LogP contribution is 2.00. The summed E-state index contributed by atoms with van der Waals surface area (Å²) in [5.74, 6) is -7.06. The predicted molar refractivity (Wildman–Crippen MR) is 138 cm³/mol. The lowest BCUT2D eigenvalue weighted by molar-refractivity contribution is -0.143. The summed E-state index contributed by atoms with van der Waals surface area (Å²) < 4.78 is 0. The van der Waals surface area contributed by atoms with Crippen LogP contribution in [0.3, 0.4) is 0 Å². The minimum absolute atomic E-state index is 0.363. The fourth-order valence-electron chi connectivity index (χ4n) is 2.85. The Morgan fingerprint density at radius 1 is 0.525 bits per heavy atom. The van der Waals surface area contributed by atoms with Crippen molar-refractivity contribution < 1.29 is 48.6 Å². The first-order valence-corrected chi connectivity index (χ1v) is 12.4. The van der Waals surface area contributed by atoms with E-state index in [1.807, 2.05) is 0 Å². The van der Waals surface area contributed by atoms with Gasteiger partial charge in [0.05, 0.1) is 6.04 Å². The Bertz CT molecular complexity index is 987. The van der Waals surface area contributed by atoms with Crippen LogP contribution in [-0.4, -0.2) is 99.9 Å². The maximum Gasteiger partial charge on any atom is 0.326 e. The van der Waals surface area contributed by atoms with Crippen molar-refractivity contribution in [3.05, 3.63) is 0 Å². The van der Waals surface area contributed by atoms with Crippen molar-refractivity contribution in [2.75, 3.05) is 0 Å². The lowest BCUT2D eigenvalue weighted by atomic mass is 10.1. The molecule has 0 saturated carbocycles. The number of nitrogens with one attached hydrogen (secondary N) is 6. The standard InChI is InChI=1S/C23H39N7O10/c1-9(24)17(33)25-10(2)18(34)26-11(3)19(35)27-12(4)20(36)28-13(5)21(37)29-14(6)22(38)30-15(23(39)40)7-8-16(31)32/h9-15H,7-8,24H2,1-6H3,(H,25,33)(H,26,34)(H,27,35)(H,28,36)(H,29,37)(H,30,38)(H,31,32)(H,39,40)/t9-,10-,11-,12-,13-,14-,15-/m0/s1. The predicted octanol–water partition coefficient (Wildman–Crippen LogP) is -3.71. The van der Waals surface area contributed by atoms with Gasteiger partial charge in [0.15, 0.2) is 0 Å². The zero-order valence-electron chi connectivity index (χ0n) is 23.2. The first-order valence-electron chi connectivity index (χ1n) is 12.4. The second kappa shape index (κ2) is 16.6. The van der Waals surface area contributed by atoms with Crippen molar-refractivity contribution in [1.82, 2.24) is 31.9 Å². The first-order chi connectivity index (χ1) is 18.4. The summed E-state index contributed by atoms with van der Waals surface area (Å²) in [4.78, 5) is 95.2. The van der Waals surface area contributed by atoms with Crippen LogP contribution in [-0.2, 0) is 38.4 Å². The molecule has 0 aromatic carbocycles. The molecule has 40 heavy (non-hydrogen) atoms. The summed E-state index contributed by atoms with van der Waals surface area (Å²) in [5, 5.41) is 31.7. The Morgan fingerprint density at radius 2 is 0.800 bits per heavy atom. The molecule has 0 aliphatic carbocycles. The summed E-state index contributed by atoms with van der Waals surface area (Å²) in [6, 6.07) is -7.89. The van der Waals surface area contributed by atoms with E-state index in [-0.39, 0.29) is 6.42 Å². The number of nitrogens with two attached hydrogens (primary N) is 1. The number of hydrogen-bond donors (Lipinski definition) is 9. The molecule has 0 fully saturated rings. The van der Waals surface area contributed by atoms with Crippen LogP contribution in [0.25, 0.3) is 0 Å². The molecular formula is C23H39N7O10. The van der Waals surface area contributed by atoms with Crippen molar-refractivity contribution in [1.29, 1.82) is 0 Å². The Morgan fingerprint density at radius 3 is 1.05 bits per heavy atom. The Labute approximate surface area is 230 Å². The largest absolute Gasteiger partial charge is 0.481 e. The molecule has 0 rings (SSSR count). The van der Waals surface area contributed by atoms with Gasteiger partial charge in [0.1, 0.15) is 36.3 Å². The molecule has 7 atom stereocenters. The number of aliphatic carboxylic acids is 2. The third-order valence-electron chi connectivity index (χ3n) is 5.44. The normalized spacial score (nSPS) is 15.9. The highest BCUT2D eigenvalue weighted by atomic mass is 16.4. The van der Waals surface area contributed by atoms with Crippen LogP contribution in [0.5, 0.6) is 0 Å². The van der Waals surface area contributed by atoms with Crippen LogP contribution in [0.1, 0.15) is 54.4 Å². The van der Waals surface area contributed by atoms with Crippen LogP contribution in [0, 0.1) is 0 Å². The molecule has 226 valence electrons. The van der Waals surface area contributed by atoms with E-state index in [1.54, 1.807) is 0 Å². The number of rotatable bonds is 16. The molecule has 10 N–H and O–H groups in total. The average molecular weight is 574 g/mol. The van der Waals surface area contributed by atoms with Crippen LogP contribution in [0.15, 0.2) is 0 Å². The van der Waals surface area contributed by atoms with Crippen LogP contribution < -0.4 is 37.6 Å². The third-order valence-corrected chi connectivity index (χ3v) is 5.44. The first kappa shape index (κ1) is 35.7. The van der Waals surface area contributed by atoms with E-state index in [9.17, 15) is 38.4 Å². The number of carboxylic acids is 2. The molecule has 0 aromatic heterocycles. The van der Waals surface area contributed by atoms with Gasteiger partial charge in [0.25, 0.3) is 0 Å².